The molecule has 1 spiro atoms. The molecule has 1 unspecified atom stereocenters. The van der Waals surface area contributed by atoms with Crippen LogP contribution in [-0.4, -0.2) is 35.5 Å². The molecular weight excluding hydrogens is 504 g/mol. The lowest BCUT2D eigenvalue weighted by Gasteiger charge is -2.36. The smallest absolute Gasteiger partial charge is 0.170 e. The maximum Gasteiger partial charge on any atom is 0.170 e. The first-order valence-corrected chi connectivity index (χ1v) is 11.0. The number of carbonyl (C=O) groups is 2. The van der Waals surface area contributed by atoms with Gasteiger partial charge in [0.15, 0.2) is 11.6 Å². The molecular formula is C22H22Br2O5. The van der Waals surface area contributed by atoms with Crippen molar-refractivity contribution in [3.8, 4) is 11.5 Å². The molecule has 0 bridgehead atoms. The standard InChI is InChI=1S/C14H15BrO3.C8H7BrO2/c15-10-3-4-13-11(7-10)12(16)8-14(18-13)5-1-2-6-17-9-14;1-5(10)7-4-6(9)2-3-8(7)11/h3-4,7H,1-2,5-6,8-9H2;2-4,11H,1H3. The van der Waals surface area contributed by atoms with Gasteiger partial charge in [-0.05, 0) is 62.6 Å². The molecule has 0 aromatic heterocycles. The van der Waals surface area contributed by atoms with E-state index in [0.29, 0.717) is 29.9 Å². The number of fused-ring (bicyclic) bond motifs is 1. The molecule has 2 heterocycles. The van der Waals surface area contributed by atoms with Crippen molar-refractivity contribution in [2.75, 3.05) is 13.2 Å². The van der Waals surface area contributed by atoms with Crippen molar-refractivity contribution in [1.29, 1.82) is 0 Å². The van der Waals surface area contributed by atoms with Gasteiger partial charge in [0.25, 0.3) is 0 Å². The van der Waals surface area contributed by atoms with Crippen LogP contribution in [0.25, 0.3) is 0 Å². The maximum atomic E-state index is 12.3. The minimum Gasteiger partial charge on any atom is -0.507 e. The molecule has 2 aromatic rings. The number of carbonyl (C=O) groups excluding carboxylic acids is 2. The molecule has 2 aliphatic heterocycles. The fourth-order valence-electron chi connectivity index (χ4n) is 3.46. The van der Waals surface area contributed by atoms with E-state index in [0.717, 1.165) is 34.8 Å². The lowest BCUT2D eigenvalue weighted by Crippen LogP contribution is -2.45. The van der Waals surface area contributed by atoms with Gasteiger partial charge in [-0.2, -0.15) is 0 Å². The van der Waals surface area contributed by atoms with Crippen LogP contribution in [0.1, 0.15) is 53.3 Å². The second-order valence-electron chi connectivity index (χ2n) is 7.25. The van der Waals surface area contributed by atoms with Gasteiger partial charge in [-0.15, -0.1) is 0 Å². The molecule has 0 radical (unpaired) electrons. The zero-order chi connectivity index (χ0) is 21.0. The van der Waals surface area contributed by atoms with E-state index in [1.54, 1.807) is 12.1 Å². The molecule has 29 heavy (non-hydrogen) atoms. The van der Waals surface area contributed by atoms with Gasteiger partial charge in [-0.1, -0.05) is 31.9 Å². The van der Waals surface area contributed by atoms with Crippen LogP contribution in [0.2, 0.25) is 0 Å². The molecule has 154 valence electrons. The van der Waals surface area contributed by atoms with Crippen molar-refractivity contribution in [1.82, 2.24) is 0 Å². The highest BCUT2D eigenvalue weighted by Gasteiger charge is 2.41. The lowest BCUT2D eigenvalue weighted by molar-refractivity contribution is -0.0245. The third kappa shape index (κ3) is 5.47. The van der Waals surface area contributed by atoms with Gasteiger partial charge < -0.3 is 14.6 Å². The van der Waals surface area contributed by atoms with Crippen LogP contribution in [0.3, 0.4) is 0 Å². The van der Waals surface area contributed by atoms with Gasteiger partial charge >= 0.3 is 0 Å². The summed E-state index contributed by atoms with van der Waals surface area (Å²) in [5, 5.41) is 9.16. The first kappa shape index (κ1) is 22.0. The number of phenolic OH excluding ortho intramolecular Hbond substituents is 1. The number of hydrogen-bond acceptors (Lipinski definition) is 5. The predicted molar refractivity (Wildman–Crippen MR) is 117 cm³/mol. The number of aromatic hydroxyl groups is 1. The van der Waals surface area contributed by atoms with E-state index in [1.807, 2.05) is 18.2 Å². The predicted octanol–water partition coefficient (Wildman–Crippen LogP) is 5.71. The number of phenols is 1. The van der Waals surface area contributed by atoms with Crippen LogP contribution in [0, 0.1) is 0 Å². The highest BCUT2D eigenvalue weighted by Crippen LogP contribution is 2.38. The summed E-state index contributed by atoms with van der Waals surface area (Å²) in [7, 11) is 0. The largest absolute Gasteiger partial charge is 0.507 e. The number of halogens is 2. The monoisotopic (exact) mass is 524 g/mol. The minimum atomic E-state index is -0.436. The number of rotatable bonds is 1. The number of ether oxygens (including phenoxy) is 2. The molecule has 1 atom stereocenters. The molecule has 1 N–H and O–H groups in total. The number of hydrogen-bond donors (Lipinski definition) is 1. The van der Waals surface area contributed by atoms with Gasteiger partial charge in [0.05, 0.1) is 24.2 Å². The average molecular weight is 526 g/mol. The summed E-state index contributed by atoms with van der Waals surface area (Å²) in [4.78, 5) is 23.1. The van der Waals surface area contributed by atoms with Crippen molar-refractivity contribution < 1.29 is 24.2 Å². The Morgan fingerprint density at radius 1 is 1.10 bits per heavy atom. The summed E-state index contributed by atoms with van der Waals surface area (Å²) in [6.07, 6.45) is 3.43. The van der Waals surface area contributed by atoms with Crippen molar-refractivity contribution in [3.63, 3.8) is 0 Å². The highest BCUT2D eigenvalue weighted by atomic mass is 79.9. The van der Waals surface area contributed by atoms with Gasteiger partial charge in [-0.3, -0.25) is 9.59 Å². The molecule has 5 nitrogen and oxygen atoms in total. The van der Waals surface area contributed by atoms with E-state index in [4.69, 9.17) is 14.6 Å². The Kier molecular flexibility index (Phi) is 7.14. The third-order valence-electron chi connectivity index (χ3n) is 4.93. The second-order valence-corrected chi connectivity index (χ2v) is 9.08. The Labute approximate surface area is 186 Å². The summed E-state index contributed by atoms with van der Waals surface area (Å²) in [6, 6.07) is 10.4. The van der Waals surface area contributed by atoms with E-state index < -0.39 is 5.60 Å². The van der Waals surface area contributed by atoms with Gasteiger partial charge in [0.2, 0.25) is 0 Å². The summed E-state index contributed by atoms with van der Waals surface area (Å²) in [5.41, 5.74) is 0.590. The van der Waals surface area contributed by atoms with Gasteiger partial charge in [0, 0.05) is 15.6 Å². The van der Waals surface area contributed by atoms with Crippen LogP contribution in [0.4, 0.5) is 0 Å². The molecule has 0 amide bonds. The zero-order valence-electron chi connectivity index (χ0n) is 16.0. The molecule has 4 rings (SSSR count). The van der Waals surface area contributed by atoms with Crippen LogP contribution in [0.15, 0.2) is 45.3 Å². The quantitative estimate of drug-likeness (QED) is 0.482. The Hall–Kier alpha value is -1.70. The summed E-state index contributed by atoms with van der Waals surface area (Å²) in [5.74, 6) is 0.743. The fraction of sp³-hybridized carbons (Fsp3) is 0.364. The van der Waals surface area contributed by atoms with Crippen molar-refractivity contribution in [2.24, 2.45) is 0 Å². The topological polar surface area (TPSA) is 72.8 Å². The van der Waals surface area contributed by atoms with Crippen molar-refractivity contribution in [3.05, 3.63) is 56.5 Å². The molecule has 1 saturated heterocycles. The lowest BCUT2D eigenvalue weighted by atomic mass is 9.87. The Bertz CT molecular complexity index is 917. The average Bonchev–Trinajstić information content (AvgIpc) is 2.90. The van der Waals surface area contributed by atoms with E-state index in [2.05, 4.69) is 31.9 Å². The molecule has 0 aliphatic carbocycles. The zero-order valence-corrected chi connectivity index (χ0v) is 19.2. The Morgan fingerprint density at radius 3 is 2.55 bits per heavy atom. The summed E-state index contributed by atoms with van der Waals surface area (Å²) < 4.78 is 13.4. The number of ketones is 2. The first-order chi connectivity index (χ1) is 13.8. The molecule has 0 saturated carbocycles. The number of Topliss-reactive ketones (excluding diaryl/α,β-unsaturated/α-hetero) is 2. The SMILES string of the molecule is CC(=O)c1cc(Br)ccc1O.O=C1CC2(CCCCOC2)Oc2ccc(Br)cc21. The summed E-state index contributed by atoms with van der Waals surface area (Å²) >= 11 is 6.59. The first-order valence-electron chi connectivity index (χ1n) is 9.39. The van der Waals surface area contributed by atoms with E-state index in [9.17, 15) is 9.59 Å². The normalized spacial score (nSPS) is 20.7. The Balaban J connectivity index is 0.000000188. The van der Waals surface area contributed by atoms with E-state index in [-0.39, 0.29) is 17.3 Å². The Morgan fingerprint density at radius 2 is 1.83 bits per heavy atom. The van der Waals surface area contributed by atoms with Crippen molar-refractivity contribution >= 4 is 43.4 Å². The highest BCUT2D eigenvalue weighted by molar-refractivity contribution is 9.10. The summed E-state index contributed by atoms with van der Waals surface area (Å²) in [6.45, 7) is 2.71. The van der Waals surface area contributed by atoms with Crippen LogP contribution >= 0.6 is 31.9 Å². The van der Waals surface area contributed by atoms with E-state index in [1.165, 1.54) is 13.0 Å². The third-order valence-corrected chi connectivity index (χ3v) is 5.91. The van der Waals surface area contributed by atoms with Crippen LogP contribution < -0.4 is 4.74 Å². The second kappa shape index (κ2) is 9.41. The molecule has 2 aliphatic rings. The fourth-order valence-corrected chi connectivity index (χ4v) is 4.18. The number of benzene rings is 2. The minimum absolute atomic E-state index is 0.0284. The van der Waals surface area contributed by atoms with Crippen molar-refractivity contribution in [2.45, 2.75) is 38.2 Å². The van der Waals surface area contributed by atoms with E-state index >= 15 is 0 Å². The maximum absolute atomic E-state index is 12.3. The van der Waals surface area contributed by atoms with Gasteiger partial charge in [0.1, 0.15) is 17.1 Å². The van der Waals surface area contributed by atoms with Crippen LogP contribution in [-0.2, 0) is 4.74 Å². The molecule has 7 heteroatoms. The van der Waals surface area contributed by atoms with Crippen LogP contribution in [0.5, 0.6) is 11.5 Å². The van der Waals surface area contributed by atoms with Gasteiger partial charge in [-0.25, -0.2) is 0 Å². The molecule has 2 aromatic carbocycles. The molecule has 1 fully saturated rings.